The fourth-order valence-electron chi connectivity index (χ4n) is 3.14. The quantitative estimate of drug-likeness (QED) is 0.862. The van der Waals surface area contributed by atoms with E-state index >= 15 is 0 Å². The van der Waals surface area contributed by atoms with E-state index in [-0.39, 0.29) is 5.41 Å². The molecule has 3 nitrogen and oxygen atoms in total. The minimum absolute atomic E-state index is 0.144. The molecule has 2 atom stereocenters. The van der Waals surface area contributed by atoms with Crippen molar-refractivity contribution in [3.63, 3.8) is 0 Å². The van der Waals surface area contributed by atoms with Gasteiger partial charge in [0.1, 0.15) is 0 Å². The van der Waals surface area contributed by atoms with Crippen LogP contribution in [0.25, 0.3) is 0 Å². The Morgan fingerprint density at radius 3 is 2.75 bits per heavy atom. The Balaban J connectivity index is 2.09. The van der Waals surface area contributed by atoms with E-state index in [0.717, 1.165) is 39.2 Å². The van der Waals surface area contributed by atoms with E-state index in [1.807, 2.05) is 7.05 Å². The average molecular weight is 276 g/mol. The van der Waals surface area contributed by atoms with Crippen molar-refractivity contribution in [2.45, 2.75) is 31.8 Å². The van der Waals surface area contributed by atoms with Crippen molar-refractivity contribution in [3.8, 4) is 0 Å². The van der Waals surface area contributed by atoms with Gasteiger partial charge in [-0.1, -0.05) is 44.2 Å². The molecule has 20 heavy (non-hydrogen) atoms. The zero-order valence-electron chi connectivity index (χ0n) is 13.1. The van der Waals surface area contributed by atoms with Gasteiger partial charge in [-0.25, -0.2) is 0 Å². The summed E-state index contributed by atoms with van der Waals surface area (Å²) in [6.45, 7) is 9.60. The lowest BCUT2D eigenvalue weighted by molar-refractivity contribution is -0.0354. The molecule has 0 amide bonds. The SMILES string of the molecule is CCC1CN(CC(C)(CNC)c2ccccc2)CCO1. The maximum Gasteiger partial charge on any atom is 0.0700 e. The van der Waals surface area contributed by atoms with Gasteiger partial charge in [0.25, 0.3) is 0 Å². The maximum absolute atomic E-state index is 5.78. The Morgan fingerprint density at radius 2 is 2.10 bits per heavy atom. The minimum atomic E-state index is 0.144. The predicted octanol–water partition coefficient (Wildman–Crippen LogP) is 2.27. The summed E-state index contributed by atoms with van der Waals surface area (Å²) in [6.07, 6.45) is 1.50. The minimum Gasteiger partial charge on any atom is -0.376 e. The summed E-state index contributed by atoms with van der Waals surface area (Å²) in [5.41, 5.74) is 1.56. The zero-order valence-corrected chi connectivity index (χ0v) is 13.1. The third kappa shape index (κ3) is 3.81. The summed E-state index contributed by atoms with van der Waals surface area (Å²) in [6, 6.07) is 10.9. The number of nitrogens with one attached hydrogen (secondary N) is 1. The van der Waals surface area contributed by atoms with Gasteiger partial charge in [0.2, 0.25) is 0 Å². The topological polar surface area (TPSA) is 24.5 Å². The van der Waals surface area contributed by atoms with Crippen LogP contribution in [0.1, 0.15) is 25.8 Å². The van der Waals surface area contributed by atoms with Crippen molar-refractivity contribution in [2.24, 2.45) is 0 Å². The van der Waals surface area contributed by atoms with Gasteiger partial charge in [-0.3, -0.25) is 4.90 Å². The normalized spacial score (nSPS) is 23.4. The smallest absolute Gasteiger partial charge is 0.0700 e. The van der Waals surface area contributed by atoms with E-state index in [2.05, 4.69) is 54.4 Å². The van der Waals surface area contributed by atoms with Gasteiger partial charge in [-0.2, -0.15) is 0 Å². The molecule has 0 spiro atoms. The molecule has 0 aliphatic carbocycles. The molecule has 0 bridgehead atoms. The Bertz CT molecular complexity index is 395. The highest BCUT2D eigenvalue weighted by molar-refractivity contribution is 5.25. The molecule has 0 saturated carbocycles. The predicted molar refractivity (Wildman–Crippen MR) is 84.2 cm³/mol. The molecule has 2 unspecified atom stereocenters. The molecule has 1 N–H and O–H groups in total. The number of hydrogen-bond acceptors (Lipinski definition) is 3. The van der Waals surface area contributed by atoms with Crippen molar-refractivity contribution >= 4 is 0 Å². The highest BCUT2D eigenvalue weighted by atomic mass is 16.5. The molecule has 1 aromatic rings. The molecule has 2 rings (SSSR count). The van der Waals surface area contributed by atoms with Crippen molar-refractivity contribution < 1.29 is 4.74 Å². The number of likely N-dealkylation sites (N-methyl/N-ethyl adjacent to an activating group) is 1. The molecule has 0 aromatic heterocycles. The standard InChI is InChI=1S/C17H28N2O/c1-4-16-12-19(10-11-20-16)14-17(2,13-18-3)15-8-6-5-7-9-15/h5-9,16,18H,4,10-14H2,1-3H3. The molecule has 1 fully saturated rings. The second-order valence-corrected chi connectivity index (χ2v) is 6.09. The number of benzene rings is 1. The van der Waals surface area contributed by atoms with E-state index in [0.29, 0.717) is 6.10 Å². The molecule has 1 aliphatic heterocycles. The van der Waals surface area contributed by atoms with Crippen LogP contribution in [0.15, 0.2) is 30.3 Å². The number of rotatable bonds is 6. The zero-order chi connectivity index (χ0) is 14.4. The third-order valence-corrected chi connectivity index (χ3v) is 4.29. The first-order chi connectivity index (χ1) is 9.68. The van der Waals surface area contributed by atoms with Crippen LogP contribution in [-0.4, -0.2) is 50.8 Å². The van der Waals surface area contributed by atoms with E-state index in [1.54, 1.807) is 0 Å². The molecule has 1 aliphatic rings. The van der Waals surface area contributed by atoms with E-state index < -0.39 is 0 Å². The molecule has 0 radical (unpaired) electrons. The van der Waals surface area contributed by atoms with Crippen LogP contribution in [0.5, 0.6) is 0 Å². The second-order valence-electron chi connectivity index (χ2n) is 6.09. The fourth-order valence-corrected chi connectivity index (χ4v) is 3.14. The van der Waals surface area contributed by atoms with Gasteiger partial charge in [0.05, 0.1) is 12.7 Å². The molecule has 3 heteroatoms. The molecule has 1 heterocycles. The summed E-state index contributed by atoms with van der Waals surface area (Å²) >= 11 is 0. The highest BCUT2D eigenvalue weighted by Crippen LogP contribution is 2.25. The lowest BCUT2D eigenvalue weighted by Crippen LogP contribution is -2.50. The number of morpholine rings is 1. The molecule has 112 valence electrons. The Hall–Kier alpha value is -0.900. The number of hydrogen-bond donors (Lipinski definition) is 1. The van der Waals surface area contributed by atoms with Crippen LogP contribution in [-0.2, 0) is 10.2 Å². The third-order valence-electron chi connectivity index (χ3n) is 4.29. The van der Waals surface area contributed by atoms with Crippen LogP contribution < -0.4 is 5.32 Å². The van der Waals surface area contributed by atoms with Crippen LogP contribution in [0, 0.1) is 0 Å². The maximum atomic E-state index is 5.78. The largest absolute Gasteiger partial charge is 0.376 e. The summed E-state index contributed by atoms with van der Waals surface area (Å²) in [5.74, 6) is 0. The summed E-state index contributed by atoms with van der Waals surface area (Å²) in [4.78, 5) is 2.56. The van der Waals surface area contributed by atoms with Crippen molar-refractivity contribution in [3.05, 3.63) is 35.9 Å². The van der Waals surface area contributed by atoms with Gasteiger partial charge in [0.15, 0.2) is 0 Å². The van der Waals surface area contributed by atoms with Gasteiger partial charge < -0.3 is 10.1 Å². The van der Waals surface area contributed by atoms with E-state index in [9.17, 15) is 0 Å². The summed E-state index contributed by atoms with van der Waals surface area (Å²) < 4.78 is 5.78. The number of ether oxygens (including phenoxy) is 1. The van der Waals surface area contributed by atoms with Crippen LogP contribution in [0.3, 0.4) is 0 Å². The Kier molecular flexibility index (Phi) is 5.58. The van der Waals surface area contributed by atoms with Crippen LogP contribution in [0.2, 0.25) is 0 Å². The molecule has 1 saturated heterocycles. The van der Waals surface area contributed by atoms with Gasteiger partial charge in [-0.05, 0) is 19.0 Å². The molecular formula is C17H28N2O. The lowest BCUT2D eigenvalue weighted by atomic mass is 9.81. The molecule has 1 aromatic carbocycles. The van der Waals surface area contributed by atoms with E-state index in [1.165, 1.54) is 5.56 Å². The highest BCUT2D eigenvalue weighted by Gasteiger charge is 2.30. The first kappa shape index (κ1) is 15.5. The first-order valence-electron chi connectivity index (χ1n) is 7.72. The van der Waals surface area contributed by atoms with Gasteiger partial charge in [0, 0.05) is 31.6 Å². The van der Waals surface area contributed by atoms with Crippen molar-refractivity contribution in [2.75, 3.05) is 39.8 Å². The van der Waals surface area contributed by atoms with Gasteiger partial charge in [-0.15, -0.1) is 0 Å². The lowest BCUT2D eigenvalue weighted by Gasteiger charge is -2.40. The Labute approximate surface area is 123 Å². The second kappa shape index (κ2) is 7.21. The summed E-state index contributed by atoms with van der Waals surface area (Å²) in [7, 11) is 2.04. The summed E-state index contributed by atoms with van der Waals surface area (Å²) in [5, 5.41) is 3.36. The van der Waals surface area contributed by atoms with Crippen molar-refractivity contribution in [1.82, 2.24) is 10.2 Å². The van der Waals surface area contributed by atoms with Crippen LogP contribution in [0.4, 0.5) is 0 Å². The Morgan fingerprint density at radius 1 is 1.35 bits per heavy atom. The average Bonchev–Trinajstić information content (AvgIpc) is 2.48. The van der Waals surface area contributed by atoms with E-state index in [4.69, 9.17) is 4.74 Å². The monoisotopic (exact) mass is 276 g/mol. The van der Waals surface area contributed by atoms with Gasteiger partial charge >= 0.3 is 0 Å². The fraction of sp³-hybridized carbons (Fsp3) is 0.647. The molecular weight excluding hydrogens is 248 g/mol. The van der Waals surface area contributed by atoms with Crippen LogP contribution >= 0.6 is 0 Å². The first-order valence-corrected chi connectivity index (χ1v) is 7.72. The van der Waals surface area contributed by atoms with Crippen molar-refractivity contribution in [1.29, 1.82) is 0 Å². The number of nitrogens with zero attached hydrogens (tertiary/aromatic N) is 1.